The van der Waals surface area contributed by atoms with E-state index in [-0.39, 0.29) is 12.6 Å². The van der Waals surface area contributed by atoms with Gasteiger partial charge in [-0.3, -0.25) is 4.79 Å². The Morgan fingerprint density at radius 3 is 2.65 bits per heavy atom. The maximum atomic E-state index is 12.6. The zero-order valence-electron chi connectivity index (χ0n) is 17.2. The Labute approximate surface area is 185 Å². The summed E-state index contributed by atoms with van der Waals surface area (Å²) in [7, 11) is 1.62. The van der Waals surface area contributed by atoms with Crippen LogP contribution in [0.1, 0.15) is 27.0 Å². The second kappa shape index (κ2) is 9.14. The lowest BCUT2D eigenvalue weighted by atomic mass is 10.1. The fraction of sp³-hybridized carbons (Fsp3) is 0.160. The van der Waals surface area contributed by atoms with Gasteiger partial charge in [-0.25, -0.2) is 0 Å². The molecule has 0 fully saturated rings. The third-order valence-electron chi connectivity index (χ3n) is 4.91. The predicted molar refractivity (Wildman–Crippen MR) is 119 cm³/mol. The first kappa shape index (κ1) is 20.8. The molecule has 0 bridgehead atoms. The van der Waals surface area contributed by atoms with Crippen LogP contribution in [0, 0.1) is 6.92 Å². The molecule has 0 aromatic heterocycles. The lowest BCUT2D eigenvalue weighted by Gasteiger charge is -2.13. The first-order valence-electron chi connectivity index (χ1n) is 9.71. The van der Waals surface area contributed by atoms with Crippen molar-refractivity contribution < 1.29 is 23.7 Å². The summed E-state index contributed by atoms with van der Waals surface area (Å²) in [5.41, 5.74) is 3.23. The van der Waals surface area contributed by atoms with E-state index < -0.39 is 0 Å². The van der Waals surface area contributed by atoms with Crippen molar-refractivity contribution in [3.05, 3.63) is 87.9 Å². The molecular weight excluding hydrogens is 416 g/mol. The summed E-state index contributed by atoms with van der Waals surface area (Å²) in [5, 5.41) is 0.668. The molecule has 5 nitrogen and oxygen atoms in total. The predicted octanol–water partition coefficient (Wildman–Crippen LogP) is 5.86. The molecule has 1 heterocycles. The molecule has 0 saturated heterocycles. The van der Waals surface area contributed by atoms with E-state index in [9.17, 15) is 4.79 Å². The molecule has 6 heteroatoms. The van der Waals surface area contributed by atoms with Gasteiger partial charge < -0.3 is 18.9 Å². The van der Waals surface area contributed by atoms with Gasteiger partial charge in [-0.05, 0) is 72.7 Å². The molecule has 1 aliphatic heterocycles. The fourth-order valence-electron chi connectivity index (χ4n) is 3.26. The number of rotatable bonds is 7. The minimum atomic E-state index is -0.122. The number of fused-ring (bicyclic) bond motifs is 1. The van der Waals surface area contributed by atoms with Gasteiger partial charge in [0.2, 0.25) is 6.79 Å². The fourth-order valence-corrected chi connectivity index (χ4v) is 3.49. The van der Waals surface area contributed by atoms with Gasteiger partial charge in [0.15, 0.2) is 17.3 Å². The van der Waals surface area contributed by atoms with Crippen molar-refractivity contribution in [3.63, 3.8) is 0 Å². The smallest absolute Gasteiger partial charge is 0.231 e. The van der Waals surface area contributed by atoms with E-state index in [1.54, 1.807) is 37.5 Å². The van der Waals surface area contributed by atoms with Gasteiger partial charge in [-0.15, -0.1) is 0 Å². The van der Waals surface area contributed by atoms with E-state index in [1.165, 1.54) is 6.08 Å². The molecule has 3 aromatic rings. The summed E-state index contributed by atoms with van der Waals surface area (Å²) >= 11 is 6.01. The molecular formula is C25H21ClO5. The molecule has 0 saturated carbocycles. The topological polar surface area (TPSA) is 54.0 Å². The molecule has 0 unspecified atom stereocenters. The van der Waals surface area contributed by atoms with Crippen molar-refractivity contribution in [2.45, 2.75) is 13.5 Å². The number of aryl methyl sites for hydroxylation is 1. The number of halogens is 1. The van der Waals surface area contributed by atoms with Crippen LogP contribution in [0.15, 0.2) is 60.7 Å². The minimum absolute atomic E-state index is 0.122. The number of carbonyl (C=O) groups excluding carboxylic acids is 1. The first-order chi connectivity index (χ1) is 15.0. The standard InChI is InChI=1S/C25H21ClO5/c1-16-11-20(26)6-10-22(16)29-14-19-12-17(4-8-23(19)28-2)3-7-21(27)18-5-9-24-25(13-18)31-15-30-24/h3-13H,14-15H2,1-2H3/b7-3+. The van der Waals surface area contributed by atoms with Crippen molar-refractivity contribution in [1.29, 1.82) is 0 Å². The van der Waals surface area contributed by atoms with Crippen molar-refractivity contribution >= 4 is 23.5 Å². The Morgan fingerprint density at radius 2 is 1.84 bits per heavy atom. The number of allylic oxidation sites excluding steroid dienone is 1. The lowest BCUT2D eigenvalue weighted by molar-refractivity contribution is 0.104. The second-order valence-electron chi connectivity index (χ2n) is 7.04. The molecule has 31 heavy (non-hydrogen) atoms. The first-order valence-corrected chi connectivity index (χ1v) is 10.1. The van der Waals surface area contributed by atoms with E-state index >= 15 is 0 Å². The molecule has 0 atom stereocenters. The van der Waals surface area contributed by atoms with Gasteiger partial charge in [0.25, 0.3) is 0 Å². The molecule has 1 aliphatic rings. The Bertz CT molecular complexity index is 1150. The van der Waals surface area contributed by atoms with E-state index in [1.807, 2.05) is 37.3 Å². The second-order valence-corrected chi connectivity index (χ2v) is 7.47. The lowest BCUT2D eigenvalue weighted by Crippen LogP contribution is -2.00. The Balaban J connectivity index is 1.49. The maximum Gasteiger partial charge on any atom is 0.231 e. The SMILES string of the molecule is COc1ccc(/C=C/C(=O)c2ccc3c(c2)OCO3)cc1COc1ccc(Cl)cc1C. The number of ether oxygens (including phenoxy) is 4. The van der Waals surface area contributed by atoms with Crippen LogP contribution in [-0.4, -0.2) is 19.7 Å². The van der Waals surface area contributed by atoms with Crippen molar-refractivity contribution in [2.75, 3.05) is 13.9 Å². The van der Waals surface area contributed by atoms with E-state index in [2.05, 4.69) is 0 Å². The zero-order chi connectivity index (χ0) is 21.8. The number of ketones is 1. The Kier molecular flexibility index (Phi) is 6.14. The maximum absolute atomic E-state index is 12.6. The Hall–Kier alpha value is -3.44. The number of carbonyl (C=O) groups is 1. The van der Waals surface area contributed by atoms with E-state index in [4.69, 9.17) is 30.5 Å². The quantitative estimate of drug-likeness (QED) is 0.343. The molecule has 3 aromatic carbocycles. The van der Waals surface area contributed by atoms with Gasteiger partial charge in [0.1, 0.15) is 18.1 Å². The summed E-state index contributed by atoms with van der Waals surface area (Å²) in [6.07, 6.45) is 3.30. The molecule has 0 amide bonds. The number of hydrogen-bond acceptors (Lipinski definition) is 5. The molecule has 158 valence electrons. The number of hydrogen-bond donors (Lipinski definition) is 0. The van der Waals surface area contributed by atoms with Crippen LogP contribution in [0.5, 0.6) is 23.0 Å². The highest BCUT2D eigenvalue weighted by molar-refractivity contribution is 6.30. The molecule has 0 spiro atoms. The van der Waals surface area contributed by atoms with Gasteiger partial charge in [-0.2, -0.15) is 0 Å². The molecule has 0 radical (unpaired) electrons. The minimum Gasteiger partial charge on any atom is -0.496 e. The van der Waals surface area contributed by atoms with Gasteiger partial charge in [0, 0.05) is 16.1 Å². The summed E-state index contributed by atoms with van der Waals surface area (Å²) in [6.45, 7) is 2.44. The van der Waals surface area contributed by atoms with Crippen molar-refractivity contribution in [3.8, 4) is 23.0 Å². The highest BCUT2D eigenvalue weighted by Gasteiger charge is 2.15. The molecule has 0 N–H and O–H groups in total. The highest BCUT2D eigenvalue weighted by Crippen LogP contribution is 2.33. The molecule has 0 aliphatic carbocycles. The monoisotopic (exact) mass is 436 g/mol. The number of benzene rings is 3. The number of methoxy groups -OCH3 is 1. The van der Waals surface area contributed by atoms with Crippen LogP contribution in [0.2, 0.25) is 5.02 Å². The summed E-state index contributed by atoms with van der Waals surface area (Å²) < 4.78 is 22.0. The highest BCUT2D eigenvalue weighted by atomic mass is 35.5. The van der Waals surface area contributed by atoms with Crippen molar-refractivity contribution in [1.82, 2.24) is 0 Å². The molecule has 4 rings (SSSR count). The zero-order valence-corrected chi connectivity index (χ0v) is 17.9. The summed E-state index contributed by atoms with van der Waals surface area (Å²) in [5.74, 6) is 2.58. The third kappa shape index (κ3) is 4.84. The van der Waals surface area contributed by atoms with Crippen LogP contribution in [0.4, 0.5) is 0 Å². The van der Waals surface area contributed by atoms with Gasteiger partial charge >= 0.3 is 0 Å². The third-order valence-corrected chi connectivity index (χ3v) is 5.14. The Morgan fingerprint density at radius 1 is 1.03 bits per heavy atom. The average Bonchev–Trinajstić information content (AvgIpc) is 3.25. The average molecular weight is 437 g/mol. The van der Waals surface area contributed by atoms with Crippen LogP contribution in [0.3, 0.4) is 0 Å². The van der Waals surface area contributed by atoms with E-state index in [0.717, 1.165) is 22.4 Å². The van der Waals surface area contributed by atoms with Crippen molar-refractivity contribution in [2.24, 2.45) is 0 Å². The van der Waals surface area contributed by atoms with Gasteiger partial charge in [0.05, 0.1) is 7.11 Å². The van der Waals surface area contributed by atoms with Crippen LogP contribution >= 0.6 is 11.6 Å². The largest absolute Gasteiger partial charge is 0.496 e. The summed E-state index contributed by atoms with van der Waals surface area (Å²) in [4.78, 5) is 12.6. The summed E-state index contributed by atoms with van der Waals surface area (Å²) in [6, 6.07) is 16.3. The van der Waals surface area contributed by atoms with E-state index in [0.29, 0.717) is 34.4 Å². The van der Waals surface area contributed by atoms with Crippen LogP contribution < -0.4 is 18.9 Å². The van der Waals surface area contributed by atoms with Crippen LogP contribution in [0.25, 0.3) is 6.08 Å². The van der Waals surface area contributed by atoms with Gasteiger partial charge in [-0.1, -0.05) is 23.7 Å². The normalized spacial score (nSPS) is 12.2. The van der Waals surface area contributed by atoms with Crippen LogP contribution in [-0.2, 0) is 6.61 Å².